The van der Waals surface area contributed by atoms with Crippen LogP contribution >= 0.6 is 22.6 Å². The molecule has 4 heteroatoms. The molecule has 1 unspecified atom stereocenters. The summed E-state index contributed by atoms with van der Waals surface area (Å²) in [6.07, 6.45) is 1.65. The summed E-state index contributed by atoms with van der Waals surface area (Å²) in [6.45, 7) is 2.03. The fourth-order valence-corrected chi connectivity index (χ4v) is 1.84. The standard InChI is InChI=1S/C12H15IO3/c1-2-3-7-11(12(14)15)16-10-6-4-5-9(13)8-10/h4-6,8,11H,2-3,7H2,1H3,(H,14,15). The smallest absolute Gasteiger partial charge is 0.344 e. The van der Waals surface area contributed by atoms with Crippen LogP contribution in [0.25, 0.3) is 0 Å². The highest BCUT2D eigenvalue weighted by Gasteiger charge is 2.18. The number of hydrogen-bond acceptors (Lipinski definition) is 2. The van der Waals surface area contributed by atoms with Gasteiger partial charge in [0.1, 0.15) is 5.75 Å². The number of aliphatic carboxylic acids is 1. The van der Waals surface area contributed by atoms with E-state index in [1.165, 1.54) is 0 Å². The van der Waals surface area contributed by atoms with E-state index in [2.05, 4.69) is 22.6 Å². The van der Waals surface area contributed by atoms with Gasteiger partial charge in [-0.3, -0.25) is 0 Å². The number of unbranched alkanes of at least 4 members (excludes halogenated alkanes) is 1. The Bertz CT molecular complexity index is 352. The van der Waals surface area contributed by atoms with E-state index in [0.29, 0.717) is 12.2 Å². The molecule has 0 aliphatic heterocycles. The molecular formula is C12H15IO3. The Kier molecular flexibility index (Phi) is 5.59. The van der Waals surface area contributed by atoms with Gasteiger partial charge < -0.3 is 9.84 Å². The van der Waals surface area contributed by atoms with Gasteiger partial charge in [0, 0.05) is 3.57 Å². The first kappa shape index (κ1) is 13.3. The largest absolute Gasteiger partial charge is 0.479 e. The summed E-state index contributed by atoms with van der Waals surface area (Å²) in [6, 6.07) is 7.41. The first-order valence-corrected chi connectivity index (χ1v) is 6.36. The van der Waals surface area contributed by atoms with Gasteiger partial charge in [-0.05, 0) is 53.6 Å². The van der Waals surface area contributed by atoms with Crippen LogP contribution < -0.4 is 4.74 Å². The molecule has 0 aliphatic rings. The van der Waals surface area contributed by atoms with Crippen molar-refractivity contribution in [2.45, 2.75) is 32.3 Å². The van der Waals surface area contributed by atoms with Crippen LogP contribution in [0.1, 0.15) is 26.2 Å². The normalized spacial score (nSPS) is 12.1. The second kappa shape index (κ2) is 6.73. The second-order valence-electron chi connectivity index (χ2n) is 3.54. The highest BCUT2D eigenvalue weighted by Crippen LogP contribution is 2.18. The van der Waals surface area contributed by atoms with E-state index in [1.54, 1.807) is 6.07 Å². The minimum absolute atomic E-state index is 0.553. The molecular weight excluding hydrogens is 319 g/mol. The molecule has 0 spiro atoms. The molecule has 1 N–H and O–H groups in total. The van der Waals surface area contributed by atoms with Crippen molar-refractivity contribution in [2.24, 2.45) is 0 Å². The molecule has 0 heterocycles. The number of carboxylic acid groups (broad SMARTS) is 1. The van der Waals surface area contributed by atoms with E-state index in [9.17, 15) is 4.79 Å². The lowest BCUT2D eigenvalue weighted by Gasteiger charge is -2.14. The van der Waals surface area contributed by atoms with Gasteiger partial charge in [0.05, 0.1) is 0 Å². The van der Waals surface area contributed by atoms with Crippen molar-refractivity contribution in [1.82, 2.24) is 0 Å². The SMILES string of the molecule is CCCCC(Oc1cccc(I)c1)C(=O)O. The van der Waals surface area contributed by atoms with Crippen LogP contribution in [-0.2, 0) is 4.79 Å². The molecule has 0 fully saturated rings. The van der Waals surface area contributed by atoms with Gasteiger partial charge >= 0.3 is 5.97 Å². The van der Waals surface area contributed by atoms with Gasteiger partial charge in [0.15, 0.2) is 6.10 Å². The van der Waals surface area contributed by atoms with Crippen molar-refractivity contribution in [3.05, 3.63) is 27.8 Å². The number of carbonyl (C=O) groups is 1. The second-order valence-corrected chi connectivity index (χ2v) is 4.79. The molecule has 0 amide bonds. The Balaban J connectivity index is 2.64. The lowest BCUT2D eigenvalue weighted by Crippen LogP contribution is -2.26. The van der Waals surface area contributed by atoms with Crippen molar-refractivity contribution in [3.63, 3.8) is 0 Å². The van der Waals surface area contributed by atoms with Crippen LogP contribution in [0.2, 0.25) is 0 Å². The molecule has 0 radical (unpaired) electrons. The van der Waals surface area contributed by atoms with E-state index < -0.39 is 12.1 Å². The van der Waals surface area contributed by atoms with E-state index >= 15 is 0 Å². The maximum Gasteiger partial charge on any atom is 0.344 e. The number of hydrogen-bond donors (Lipinski definition) is 1. The Morgan fingerprint density at radius 1 is 1.56 bits per heavy atom. The third-order valence-electron chi connectivity index (χ3n) is 2.17. The summed E-state index contributed by atoms with van der Waals surface area (Å²) in [5.74, 6) is -0.275. The fourth-order valence-electron chi connectivity index (χ4n) is 1.33. The van der Waals surface area contributed by atoms with Crippen LogP contribution in [0.5, 0.6) is 5.75 Å². The third kappa shape index (κ3) is 4.38. The van der Waals surface area contributed by atoms with Crippen molar-refractivity contribution in [3.8, 4) is 5.75 Å². The van der Waals surface area contributed by atoms with Crippen LogP contribution in [0, 0.1) is 3.57 Å². The zero-order valence-electron chi connectivity index (χ0n) is 9.15. The molecule has 3 nitrogen and oxygen atoms in total. The zero-order chi connectivity index (χ0) is 12.0. The molecule has 1 atom stereocenters. The summed E-state index contributed by atoms with van der Waals surface area (Å²) in [5.41, 5.74) is 0. The average Bonchev–Trinajstić information content (AvgIpc) is 2.24. The van der Waals surface area contributed by atoms with Gasteiger partial charge in [-0.1, -0.05) is 19.4 Å². The Labute approximate surface area is 109 Å². The fraction of sp³-hybridized carbons (Fsp3) is 0.417. The molecule has 0 saturated heterocycles. The van der Waals surface area contributed by atoms with Crippen LogP contribution in [0.4, 0.5) is 0 Å². The van der Waals surface area contributed by atoms with Crippen LogP contribution in [-0.4, -0.2) is 17.2 Å². The van der Waals surface area contributed by atoms with E-state index in [4.69, 9.17) is 9.84 Å². The molecule has 1 aromatic rings. The summed E-state index contributed by atoms with van der Waals surface area (Å²) < 4.78 is 6.49. The Morgan fingerprint density at radius 2 is 2.31 bits per heavy atom. The zero-order valence-corrected chi connectivity index (χ0v) is 11.3. The molecule has 0 bridgehead atoms. The third-order valence-corrected chi connectivity index (χ3v) is 2.84. The number of carboxylic acids is 1. The summed E-state index contributed by atoms with van der Waals surface area (Å²) in [5, 5.41) is 9.00. The molecule has 0 aliphatic carbocycles. The Morgan fingerprint density at radius 3 is 2.88 bits per heavy atom. The highest BCUT2D eigenvalue weighted by atomic mass is 127. The maximum atomic E-state index is 11.0. The van der Waals surface area contributed by atoms with Crippen molar-refractivity contribution in [2.75, 3.05) is 0 Å². The molecule has 0 saturated carbocycles. The number of benzene rings is 1. The lowest BCUT2D eigenvalue weighted by atomic mass is 10.1. The minimum Gasteiger partial charge on any atom is -0.479 e. The number of rotatable bonds is 6. The number of ether oxygens (including phenoxy) is 1. The number of halogens is 1. The van der Waals surface area contributed by atoms with Crippen molar-refractivity contribution < 1.29 is 14.6 Å². The monoisotopic (exact) mass is 334 g/mol. The first-order valence-electron chi connectivity index (χ1n) is 5.28. The molecule has 16 heavy (non-hydrogen) atoms. The predicted octanol–water partition coefficient (Wildman–Crippen LogP) is 3.31. The molecule has 88 valence electrons. The molecule has 1 aromatic carbocycles. The van der Waals surface area contributed by atoms with E-state index in [0.717, 1.165) is 16.4 Å². The summed E-state index contributed by atoms with van der Waals surface area (Å²) in [7, 11) is 0. The van der Waals surface area contributed by atoms with Gasteiger partial charge in [-0.25, -0.2) is 4.79 Å². The molecule has 1 rings (SSSR count). The van der Waals surface area contributed by atoms with Gasteiger partial charge in [-0.2, -0.15) is 0 Å². The minimum atomic E-state index is -0.896. The summed E-state index contributed by atoms with van der Waals surface area (Å²) in [4.78, 5) is 11.0. The Hall–Kier alpha value is -0.780. The highest BCUT2D eigenvalue weighted by molar-refractivity contribution is 14.1. The quantitative estimate of drug-likeness (QED) is 0.812. The van der Waals surface area contributed by atoms with E-state index in [-0.39, 0.29) is 0 Å². The lowest BCUT2D eigenvalue weighted by molar-refractivity contribution is -0.145. The van der Waals surface area contributed by atoms with Crippen molar-refractivity contribution in [1.29, 1.82) is 0 Å². The summed E-state index contributed by atoms with van der Waals surface area (Å²) >= 11 is 2.17. The topological polar surface area (TPSA) is 46.5 Å². The predicted molar refractivity (Wildman–Crippen MR) is 70.7 cm³/mol. The van der Waals surface area contributed by atoms with Crippen molar-refractivity contribution >= 4 is 28.6 Å². The van der Waals surface area contributed by atoms with E-state index in [1.807, 2.05) is 25.1 Å². The molecule has 0 aromatic heterocycles. The first-order chi connectivity index (χ1) is 7.63. The van der Waals surface area contributed by atoms with Crippen LogP contribution in [0.3, 0.4) is 0 Å². The van der Waals surface area contributed by atoms with Crippen LogP contribution in [0.15, 0.2) is 24.3 Å². The maximum absolute atomic E-state index is 11.0. The van der Waals surface area contributed by atoms with Gasteiger partial charge in [0.2, 0.25) is 0 Å². The average molecular weight is 334 g/mol. The van der Waals surface area contributed by atoms with Gasteiger partial charge in [0.25, 0.3) is 0 Å². The van der Waals surface area contributed by atoms with Gasteiger partial charge in [-0.15, -0.1) is 0 Å².